The van der Waals surface area contributed by atoms with Gasteiger partial charge in [0, 0.05) is 54.8 Å². The number of nitrogens with zero attached hydrogens (tertiary/aromatic N) is 3. The number of benzene rings is 3. The van der Waals surface area contributed by atoms with Crippen LogP contribution in [0.25, 0.3) is 22.5 Å². The van der Waals surface area contributed by atoms with Crippen LogP contribution in [0.4, 0.5) is 37.2 Å². The first-order valence-electron chi connectivity index (χ1n) is 22.8. The van der Waals surface area contributed by atoms with Crippen LogP contribution in [0.5, 0.6) is 0 Å². The van der Waals surface area contributed by atoms with Gasteiger partial charge in [0.15, 0.2) is 5.82 Å². The lowest BCUT2D eigenvalue weighted by Gasteiger charge is -2.29. The summed E-state index contributed by atoms with van der Waals surface area (Å²) >= 11 is 0. The summed E-state index contributed by atoms with van der Waals surface area (Å²) in [6.07, 6.45) is -3.74. The summed E-state index contributed by atoms with van der Waals surface area (Å²) in [5, 5.41) is 16.7. The molecule has 372 valence electrons. The predicted molar refractivity (Wildman–Crippen MR) is 246 cm³/mol. The van der Waals surface area contributed by atoms with Crippen LogP contribution in [-0.4, -0.2) is 99.1 Å². The van der Waals surface area contributed by atoms with E-state index in [0.29, 0.717) is 62.9 Å². The number of halogens is 5. The van der Waals surface area contributed by atoms with E-state index in [2.05, 4.69) is 31.3 Å². The van der Waals surface area contributed by atoms with Crippen molar-refractivity contribution in [2.75, 3.05) is 25.0 Å². The SMILES string of the molecule is Cc1cc(C(=O)NC2CCN(C(=O)OC(C)(C)C)C2)ccc1-c1ccc(CC(NC(=O)C2CCC(CNC(=O)OC(C)(C)C)CC2)C(=O)Nc2ccc(-c3n[nH]c(C(F)(F)C(F)(F)F)n3)cc2)cc1. The van der Waals surface area contributed by atoms with Crippen LogP contribution in [0.1, 0.15) is 101 Å². The Bertz CT molecular complexity index is 2480. The molecule has 5 N–H and O–H groups in total. The monoisotopic (exact) mass is 966 g/mol. The second-order valence-corrected chi connectivity index (χ2v) is 19.6. The van der Waals surface area contributed by atoms with Gasteiger partial charge < -0.3 is 35.6 Å². The van der Waals surface area contributed by atoms with Crippen molar-refractivity contribution >= 4 is 35.6 Å². The largest absolute Gasteiger partial charge is 0.461 e. The zero-order valence-electron chi connectivity index (χ0n) is 39.6. The molecular weight excluding hydrogens is 908 g/mol. The summed E-state index contributed by atoms with van der Waals surface area (Å²) in [6, 6.07) is 17.0. The smallest absolute Gasteiger partial charge is 0.444 e. The Morgan fingerprint density at radius 3 is 2.06 bits per heavy atom. The van der Waals surface area contributed by atoms with Crippen LogP contribution in [0.2, 0.25) is 0 Å². The highest BCUT2D eigenvalue weighted by atomic mass is 19.4. The summed E-state index contributed by atoms with van der Waals surface area (Å²) in [7, 11) is 0. The number of alkyl carbamates (subject to hydrolysis) is 1. The standard InChI is InChI=1S/C49H59F5N8O7/c1-28-24-34(41(64)57-36-22-23-62(27-36)45(67)69-47(5,6)7)18-21-37(28)31-12-8-29(9-13-31)25-38(58-40(63)33-14-10-30(11-15-33)26-55-44(66)68-46(2,3)4)42(65)56-35-19-16-32(17-20-35)39-59-43(61-60-39)48(50,51)49(52,53)54/h8-9,12-13,16-21,24,30,33,36,38H,10-11,14-15,22-23,25-27H2,1-7H3,(H,55,66)(H,56,65)(H,57,64)(H,58,63)(H,59,60,61). The van der Waals surface area contributed by atoms with Crippen LogP contribution in [0.3, 0.4) is 0 Å². The molecule has 1 aliphatic heterocycles. The quantitative estimate of drug-likeness (QED) is 0.0814. The summed E-state index contributed by atoms with van der Waals surface area (Å²) in [4.78, 5) is 70.6. The van der Waals surface area contributed by atoms with Crippen molar-refractivity contribution in [3.8, 4) is 22.5 Å². The van der Waals surface area contributed by atoms with E-state index in [9.17, 15) is 45.9 Å². The molecule has 5 amide bonds. The molecule has 0 bridgehead atoms. The van der Waals surface area contributed by atoms with Crippen molar-refractivity contribution in [1.29, 1.82) is 0 Å². The predicted octanol–water partition coefficient (Wildman–Crippen LogP) is 8.84. The highest BCUT2D eigenvalue weighted by molar-refractivity contribution is 5.98. The molecule has 20 heteroatoms. The van der Waals surface area contributed by atoms with E-state index in [1.165, 1.54) is 24.3 Å². The Balaban J connectivity index is 1.11. The van der Waals surface area contributed by atoms with Gasteiger partial charge in [-0.15, -0.1) is 0 Å². The fourth-order valence-electron chi connectivity index (χ4n) is 8.09. The first kappa shape index (κ1) is 51.8. The summed E-state index contributed by atoms with van der Waals surface area (Å²) in [6.45, 7) is 13.8. The normalized spacial score (nSPS) is 18.2. The number of hydrogen-bond donors (Lipinski definition) is 5. The van der Waals surface area contributed by atoms with Gasteiger partial charge in [-0.3, -0.25) is 19.5 Å². The van der Waals surface area contributed by atoms with E-state index in [-0.39, 0.29) is 41.4 Å². The van der Waals surface area contributed by atoms with Crippen molar-refractivity contribution in [2.45, 2.75) is 122 Å². The Labute approximate surface area is 397 Å². The zero-order chi connectivity index (χ0) is 50.5. The van der Waals surface area contributed by atoms with Crippen molar-refractivity contribution in [2.24, 2.45) is 11.8 Å². The third-order valence-electron chi connectivity index (χ3n) is 11.7. The van der Waals surface area contributed by atoms with Gasteiger partial charge >= 0.3 is 24.3 Å². The molecule has 2 heterocycles. The number of carbonyl (C=O) groups excluding carboxylic acids is 5. The summed E-state index contributed by atoms with van der Waals surface area (Å²) in [5.41, 5.74) is 2.81. The number of aryl methyl sites for hydroxylation is 1. The number of nitrogens with one attached hydrogen (secondary N) is 5. The Kier molecular flexibility index (Phi) is 15.7. The second kappa shape index (κ2) is 21.0. The molecule has 1 saturated heterocycles. The summed E-state index contributed by atoms with van der Waals surface area (Å²) < 4.78 is 77.2. The van der Waals surface area contributed by atoms with E-state index in [0.717, 1.165) is 16.7 Å². The Morgan fingerprint density at radius 2 is 1.45 bits per heavy atom. The number of ether oxygens (including phenoxy) is 2. The molecule has 2 aliphatic rings. The molecular formula is C49H59F5N8O7. The maximum Gasteiger partial charge on any atom is 0.461 e. The van der Waals surface area contributed by atoms with Crippen molar-refractivity contribution in [3.63, 3.8) is 0 Å². The van der Waals surface area contributed by atoms with Gasteiger partial charge in [0.25, 0.3) is 5.91 Å². The molecule has 1 aliphatic carbocycles. The van der Waals surface area contributed by atoms with E-state index in [1.807, 2.05) is 37.3 Å². The van der Waals surface area contributed by atoms with Gasteiger partial charge in [-0.25, -0.2) is 14.6 Å². The molecule has 6 rings (SSSR count). The first-order valence-corrected chi connectivity index (χ1v) is 22.8. The van der Waals surface area contributed by atoms with Crippen molar-refractivity contribution < 1.29 is 55.4 Å². The maximum atomic E-state index is 14.0. The average Bonchev–Trinajstić information content (AvgIpc) is 3.96. The van der Waals surface area contributed by atoms with Crippen molar-refractivity contribution in [1.82, 2.24) is 36.0 Å². The number of rotatable bonds is 13. The van der Waals surface area contributed by atoms with E-state index in [4.69, 9.17) is 9.47 Å². The van der Waals surface area contributed by atoms with Crippen molar-refractivity contribution in [3.05, 3.63) is 89.2 Å². The van der Waals surface area contributed by atoms with Crippen LogP contribution < -0.4 is 21.3 Å². The molecule has 1 aromatic heterocycles. The lowest BCUT2D eigenvalue weighted by Crippen LogP contribution is -2.48. The molecule has 1 saturated carbocycles. The molecule has 3 aromatic carbocycles. The van der Waals surface area contributed by atoms with E-state index in [1.54, 1.807) is 63.7 Å². The molecule has 4 aromatic rings. The molecule has 69 heavy (non-hydrogen) atoms. The average molecular weight is 967 g/mol. The molecule has 2 atom stereocenters. The third kappa shape index (κ3) is 14.0. The number of alkyl halides is 5. The highest BCUT2D eigenvalue weighted by Gasteiger charge is 2.61. The molecule has 15 nitrogen and oxygen atoms in total. The summed E-state index contributed by atoms with van der Waals surface area (Å²) in [5.74, 6) is -8.73. The first-order chi connectivity index (χ1) is 32.2. The van der Waals surface area contributed by atoms with Crippen LogP contribution in [-0.2, 0) is 31.4 Å². The minimum Gasteiger partial charge on any atom is -0.444 e. The van der Waals surface area contributed by atoms with Crippen LogP contribution in [0, 0.1) is 18.8 Å². The molecule has 2 unspecified atom stereocenters. The lowest BCUT2D eigenvalue weighted by atomic mass is 9.81. The van der Waals surface area contributed by atoms with Gasteiger partial charge in [0.05, 0.1) is 0 Å². The van der Waals surface area contributed by atoms with E-state index >= 15 is 0 Å². The molecule has 0 radical (unpaired) electrons. The Hall–Kier alpha value is -6.60. The minimum atomic E-state index is -5.88. The number of likely N-dealkylation sites (tertiary alicyclic amines) is 1. The minimum absolute atomic E-state index is 0.0864. The van der Waals surface area contributed by atoms with Crippen LogP contribution in [0.15, 0.2) is 66.7 Å². The number of aromatic amines is 1. The number of aromatic nitrogens is 3. The van der Waals surface area contributed by atoms with E-state index < -0.39 is 65.0 Å². The van der Waals surface area contributed by atoms with Gasteiger partial charge in [-0.1, -0.05) is 30.3 Å². The maximum absolute atomic E-state index is 14.0. The Morgan fingerprint density at radius 1 is 0.812 bits per heavy atom. The highest BCUT2D eigenvalue weighted by Crippen LogP contribution is 2.42. The molecule has 0 spiro atoms. The molecule has 2 fully saturated rings. The second-order valence-electron chi connectivity index (χ2n) is 19.6. The van der Waals surface area contributed by atoms with Gasteiger partial charge in [0.2, 0.25) is 17.6 Å². The topological polar surface area (TPSA) is 197 Å². The van der Waals surface area contributed by atoms with Gasteiger partial charge in [-0.2, -0.15) is 27.1 Å². The number of carbonyl (C=O) groups is 5. The lowest BCUT2D eigenvalue weighted by molar-refractivity contribution is -0.292. The zero-order valence-corrected chi connectivity index (χ0v) is 39.6. The number of H-pyrrole nitrogens is 1. The van der Waals surface area contributed by atoms with Gasteiger partial charge in [0.1, 0.15) is 17.2 Å². The van der Waals surface area contributed by atoms with Crippen LogP contribution >= 0.6 is 0 Å². The fourth-order valence-corrected chi connectivity index (χ4v) is 8.09. The number of amides is 5. The fraction of sp³-hybridized carbons (Fsp3) is 0.490. The number of anilines is 1. The van der Waals surface area contributed by atoms with Gasteiger partial charge in [-0.05, 0) is 145 Å². The number of hydrogen-bond acceptors (Lipinski definition) is 9. The third-order valence-corrected chi connectivity index (χ3v) is 11.7.